The number of ether oxygens (including phenoxy) is 1. The summed E-state index contributed by atoms with van der Waals surface area (Å²) >= 11 is 0. The second-order valence-electron chi connectivity index (χ2n) is 4.27. The number of carbonyl (C=O) groups excluding carboxylic acids is 2. The molecule has 1 rings (SSSR count). The van der Waals surface area contributed by atoms with Crippen LogP contribution in [0.15, 0.2) is 11.6 Å². The molecule has 0 fully saturated rings. The molecule has 1 aliphatic rings. The molecule has 0 amide bonds. The number of esters is 1. The maximum absolute atomic E-state index is 11.4. The quantitative estimate of drug-likeness (QED) is 0.424. The molecule has 96 valence electrons. The predicted molar refractivity (Wildman–Crippen MR) is 56.9 cm³/mol. The molecule has 0 aromatic carbocycles. The van der Waals surface area contributed by atoms with Crippen LogP contribution in [0.1, 0.15) is 13.8 Å². The van der Waals surface area contributed by atoms with Crippen LogP contribution in [0.4, 0.5) is 0 Å². The van der Waals surface area contributed by atoms with Crippen molar-refractivity contribution in [2.24, 2.45) is 5.92 Å². The van der Waals surface area contributed by atoms with Crippen molar-refractivity contribution in [2.75, 3.05) is 0 Å². The van der Waals surface area contributed by atoms with Crippen molar-refractivity contribution in [1.82, 2.24) is 0 Å². The maximum atomic E-state index is 11.4. The molecule has 0 unspecified atom stereocenters. The molecule has 6 heteroatoms. The van der Waals surface area contributed by atoms with Crippen molar-refractivity contribution in [2.45, 2.75) is 38.3 Å². The van der Waals surface area contributed by atoms with E-state index in [2.05, 4.69) is 0 Å². The fourth-order valence-electron chi connectivity index (χ4n) is 1.47. The van der Waals surface area contributed by atoms with Crippen LogP contribution in [0.2, 0.25) is 0 Å². The highest BCUT2D eigenvalue weighted by atomic mass is 16.6. The SMILES string of the molecule is CC(C)C(=O)O[C@H]1C(C=O)=C[C@H](O)[C@H](O)[C@H]1O. The Morgan fingerprint density at radius 1 is 1.35 bits per heavy atom. The first-order chi connectivity index (χ1) is 7.88. The molecule has 0 saturated heterocycles. The first-order valence-corrected chi connectivity index (χ1v) is 5.30. The molecule has 0 aromatic rings. The fourth-order valence-corrected chi connectivity index (χ4v) is 1.47. The van der Waals surface area contributed by atoms with E-state index in [0.717, 1.165) is 6.08 Å². The lowest BCUT2D eigenvalue weighted by Crippen LogP contribution is -2.50. The van der Waals surface area contributed by atoms with Gasteiger partial charge >= 0.3 is 5.97 Å². The van der Waals surface area contributed by atoms with E-state index in [-0.39, 0.29) is 5.57 Å². The van der Waals surface area contributed by atoms with E-state index in [1.54, 1.807) is 13.8 Å². The van der Waals surface area contributed by atoms with Gasteiger partial charge in [0.2, 0.25) is 0 Å². The Labute approximate surface area is 98.5 Å². The van der Waals surface area contributed by atoms with Crippen LogP contribution < -0.4 is 0 Å². The van der Waals surface area contributed by atoms with E-state index in [0.29, 0.717) is 6.29 Å². The van der Waals surface area contributed by atoms with Crippen molar-refractivity contribution in [3.05, 3.63) is 11.6 Å². The summed E-state index contributed by atoms with van der Waals surface area (Å²) in [6.45, 7) is 3.21. The second-order valence-corrected chi connectivity index (χ2v) is 4.27. The van der Waals surface area contributed by atoms with Gasteiger partial charge in [-0.15, -0.1) is 0 Å². The lowest BCUT2D eigenvalue weighted by molar-refractivity contribution is -0.165. The summed E-state index contributed by atoms with van der Waals surface area (Å²) in [5.41, 5.74) is -0.0516. The molecule has 0 aliphatic heterocycles. The average molecular weight is 244 g/mol. The Kier molecular flexibility index (Phi) is 4.39. The molecule has 0 bridgehead atoms. The van der Waals surface area contributed by atoms with Crippen molar-refractivity contribution in [3.63, 3.8) is 0 Å². The zero-order chi connectivity index (χ0) is 13.2. The number of aliphatic hydroxyl groups is 3. The van der Waals surface area contributed by atoms with Gasteiger partial charge in [-0.25, -0.2) is 0 Å². The van der Waals surface area contributed by atoms with Gasteiger partial charge in [-0.3, -0.25) is 9.59 Å². The third-order valence-electron chi connectivity index (χ3n) is 2.55. The smallest absolute Gasteiger partial charge is 0.309 e. The largest absolute Gasteiger partial charge is 0.454 e. The third-order valence-corrected chi connectivity index (χ3v) is 2.55. The Balaban J connectivity index is 2.91. The van der Waals surface area contributed by atoms with E-state index < -0.39 is 36.3 Å². The molecule has 0 radical (unpaired) electrons. The van der Waals surface area contributed by atoms with Gasteiger partial charge in [0.1, 0.15) is 24.6 Å². The monoisotopic (exact) mass is 244 g/mol. The summed E-state index contributed by atoms with van der Waals surface area (Å²) in [4.78, 5) is 22.1. The molecule has 0 saturated carbocycles. The highest BCUT2D eigenvalue weighted by Crippen LogP contribution is 2.22. The minimum absolute atomic E-state index is 0.0516. The van der Waals surface area contributed by atoms with Gasteiger partial charge in [-0.05, 0) is 6.08 Å². The number of carbonyl (C=O) groups is 2. The second kappa shape index (κ2) is 5.39. The van der Waals surface area contributed by atoms with Crippen molar-refractivity contribution >= 4 is 12.3 Å². The Bertz CT molecular complexity index is 335. The van der Waals surface area contributed by atoms with Gasteiger partial charge in [0.15, 0.2) is 6.10 Å². The Hall–Kier alpha value is -1.24. The standard InChI is InChI=1S/C11H16O6/c1-5(2)11(16)17-10-6(4-12)3-7(13)8(14)9(10)15/h3-5,7-10,13-15H,1-2H3/t7-,8-,9+,10-/m0/s1. The number of rotatable bonds is 3. The Morgan fingerprint density at radius 3 is 2.41 bits per heavy atom. The fraction of sp³-hybridized carbons (Fsp3) is 0.636. The summed E-state index contributed by atoms with van der Waals surface area (Å²) in [6.07, 6.45) is -4.12. The van der Waals surface area contributed by atoms with Gasteiger partial charge in [0, 0.05) is 5.57 Å². The summed E-state index contributed by atoms with van der Waals surface area (Å²) in [7, 11) is 0. The van der Waals surface area contributed by atoms with E-state index >= 15 is 0 Å². The maximum Gasteiger partial charge on any atom is 0.309 e. The van der Waals surface area contributed by atoms with Gasteiger partial charge in [0.25, 0.3) is 0 Å². The lowest BCUT2D eigenvalue weighted by Gasteiger charge is -2.33. The summed E-state index contributed by atoms with van der Waals surface area (Å²) < 4.78 is 4.93. The highest BCUT2D eigenvalue weighted by molar-refractivity contribution is 5.78. The first-order valence-electron chi connectivity index (χ1n) is 5.30. The molecule has 1 aliphatic carbocycles. The van der Waals surface area contributed by atoms with E-state index in [1.165, 1.54) is 0 Å². The number of hydrogen-bond acceptors (Lipinski definition) is 6. The number of hydrogen-bond donors (Lipinski definition) is 3. The van der Waals surface area contributed by atoms with Crippen LogP contribution in [-0.2, 0) is 14.3 Å². The van der Waals surface area contributed by atoms with Gasteiger partial charge in [-0.1, -0.05) is 13.8 Å². The molecule has 3 N–H and O–H groups in total. The lowest BCUT2D eigenvalue weighted by atomic mass is 9.90. The third kappa shape index (κ3) is 2.91. The molecule has 6 nitrogen and oxygen atoms in total. The Morgan fingerprint density at radius 2 is 1.94 bits per heavy atom. The summed E-state index contributed by atoms with van der Waals surface area (Å²) in [6, 6.07) is 0. The van der Waals surface area contributed by atoms with E-state index in [1.807, 2.05) is 0 Å². The van der Waals surface area contributed by atoms with E-state index in [9.17, 15) is 24.9 Å². The highest BCUT2D eigenvalue weighted by Gasteiger charge is 2.40. The molecule has 0 spiro atoms. The van der Waals surface area contributed by atoms with Crippen LogP contribution in [0, 0.1) is 5.92 Å². The van der Waals surface area contributed by atoms with E-state index in [4.69, 9.17) is 4.74 Å². The number of aldehydes is 1. The summed E-state index contributed by atoms with van der Waals surface area (Å²) in [5, 5.41) is 28.4. The molecule has 0 aromatic heterocycles. The molecule has 4 atom stereocenters. The van der Waals surface area contributed by atoms with Crippen molar-refractivity contribution in [3.8, 4) is 0 Å². The minimum Gasteiger partial charge on any atom is -0.454 e. The number of aliphatic hydroxyl groups excluding tert-OH is 3. The van der Waals surface area contributed by atoms with Gasteiger partial charge in [0.05, 0.1) is 5.92 Å². The molecular weight excluding hydrogens is 228 g/mol. The van der Waals surface area contributed by atoms with Gasteiger partial charge in [-0.2, -0.15) is 0 Å². The predicted octanol–water partition coefficient (Wildman–Crippen LogP) is -1.22. The topological polar surface area (TPSA) is 104 Å². The van der Waals surface area contributed by atoms with Crippen LogP contribution >= 0.6 is 0 Å². The van der Waals surface area contributed by atoms with Crippen molar-refractivity contribution < 1.29 is 29.6 Å². The van der Waals surface area contributed by atoms with Crippen LogP contribution in [0.3, 0.4) is 0 Å². The molecular formula is C11H16O6. The molecule has 0 heterocycles. The normalized spacial score (nSPS) is 33.2. The van der Waals surface area contributed by atoms with Gasteiger partial charge < -0.3 is 20.1 Å². The zero-order valence-corrected chi connectivity index (χ0v) is 9.61. The van der Waals surface area contributed by atoms with Crippen LogP contribution in [0.25, 0.3) is 0 Å². The summed E-state index contributed by atoms with van der Waals surface area (Å²) in [5.74, 6) is -1.01. The zero-order valence-electron chi connectivity index (χ0n) is 9.61. The average Bonchev–Trinajstić information content (AvgIpc) is 2.29. The first kappa shape index (κ1) is 13.8. The molecule has 17 heavy (non-hydrogen) atoms. The minimum atomic E-state index is -1.52. The van der Waals surface area contributed by atoms with Crippen molar-refractivity contribution in [1.29, 1.82) is 0 Å². The van der Waals surface area contributed by atoms with Crippen LogP contribution in [-0.4, -0.2) is 52.0 Å². The van der Waals surface area contributed by atoms with Crippen LogP contribution in [0.5, 0.6) is 0 Å².